The molecular weight excluding hydrogens is 274 g/mol. The van der Waals surface area contributed by atoms with Gasteiger partial charge in [0.05, 0.1) is 0 Å². The van der Waals surface area contributed by atoms with E-state index in [1.165, 1.54) is 11.1 Å². The first-order valence-corrected chi connectivity index (χ1v) is 5.40. The molecule has 0 aliphatic rings. The van der Waals surface area contributed by atoms with Gasteiger partial charge in [0.2, 0.25) is 0 Å². The molecule has 2 nitrogen and oxygen atoms in total. The van der Waals surface area contributed by atoms with Crippen molar-refractivity contribution in [2.75, 3.05) is 0 Å². The van der Waals surface area contributed by atoms with E-state index in [1.807, 2.05) is 6.07 Å². The third-order valence-electron chi connectivity index (χ3n) is 2.47. The second-order valence-corrected chi connectivity index (χ2v) is 4.15. The fourth-order valence-corrected chi connectivity index (χ4v) is 1.55. The van der Waals surface area contributed by atoms with Gasteiger partial charge in [-0.05, 0) is 29.9 Å². The van der Waals surface area contributed by atoms with E-state index in [4.69, 9.17) is 5.11 Å². The normalized spacial score (nSPS) is 9.94. The van der Waals surface area contributed by atoms with Crippen LogP contribution in [0.1, 0.15) is 45.2 Å². The van der Waals surface area contributed by atoms with Gasteiger partial charge < -0.3 is 6.53 Å². The van der Waals surface area contributed by atoms with Crippen molar-refractivity contribution >= 4 is 5.97 Å². The Hall–Kier alpha value is 0.495. The van der Waals surface area contributed by atoms with Crippen molar-refractivity contribution in [3.63, 3.8) is 0 Å². The molecule has 0 heterocycles. The smallest absolute Gasteiger partial charge is 1.00 e. The minimum absolute atomic E-state index is 0. The van der Waals surface area contributed by atoms with Gasteiger partial charge >= 0.3 is 64.2 Å². The Morgan fingerprint density at radius 1 is 1.44 bits per heavy atom. The van der Waals surface area contributed by atoms with Gasteiger partial charge in [-0.15, -0.1) is 0 Å². The Labute approximate surface area is 148 Å². The summed E-state index contributed by atoms with van der Waals surface area (Å²) < 4.78 is 0. The van der Waals surface area contributed by atoms with Crippen LogP contribution < -0.4 is 58.2 Å². The van der Waals surface area contributed by atoms with Crippen molar-refractivity contribution in [1.82, 2.24) is 0 Å². The Balaban J connectivity index is 0. The molecule has 0 unspecified atom stereocenters. The first-order valence-electron chi connectivity index (χ1n) is 5.40. The largest absolute Gasteiger partial charge is 1.00 e. The minimum Gasteiger partial charge on any atom is -1.00 e. The SMILES string of the molecule is CC(C)c1cccc(CCCC(=O)O)c1.[H-].[Rb+]. The molecule has 0 saturated carbocycles. The maximum atomic E-state index is 10.4. The summed E-state index contributed by atoms with van der Waals surface area (Å²) in [6.45, 7) is 4.33. The number of rotatable bonds is 5. The van der Waals surface area contributed by atoms with Gasteiger partial charge in [0.15, 0.2) is 0 Å². The average molecular weight is 293 g/mol. The van der Waals surface area contributed by atoms with Gasteiger partial charge in [0.25, 0.3) is 0 Å². The minimum atomic E-state index is -0.713. The van der Waals surface area contributed by atoms with Gasteiger partial charge in [-0.2, -0.15) is 0 Å². The third-order valence-corrected chi connectivity index (χ3v) is 2.47. The van der Waals surface area contributed by atoms with E-state index in [-0.39, 0.29) is 66.0 Å². The molecule has 0 amide bonds. The number of aliphatic carboxylic acids is 1. The maximum absolute atomic E-state index is 10.4. The van der Waals surface area contributed by atoms with E-state index in [2.05, 4.69) is 32.0 Å². The number of carboxylic acids is 1. The van der Waals surface area contributed by atoms with Gasteiger partial charge in [-0.25, -0.2) is 0 Å². The summed E-state index contributed by atoms with van der Waals surface area (Å²) in [5.74, 6) is -0.181. The third kappa shape index (κ3) is 6.28. The molecule has 1 N–H and O–H groups in total. The van der Waals surface area contributed by atoms with Crippen molar-refractivity contribution in [3.8, 4) is 0 Å². The molecule has 0 bridgehead atoms. The molecule has 0 aliphatic carbocycles. The van der Waals surface area contributed by atoms with Gasteiger partial charge in [0, 0.05) is 6.42 Å². The molecule has 84 valence electrons. The zero-order valence-electron chi connectivity index (χ0n) is 11.4. The molecule has 16 heavy (non-hydrogen) atoms. The quantitative estimate of drug-likeness (QED) is 0.849. The van der Waals surface area contributed by atoms with Crippen molar-refractivity contribution < 1.29 is 69.5 Å². The Bertz CT molecular complexity index is 340. The van der Waals surface area contributed by atoms with Crippen LogP contribution in [0.15, 0.2) is 24.3 Å². The van der Waals surface area contributed by atoms with E-state index in [0.29, 0.717) is 5.92 Å². The molecule has 0 fully saturated rings. The molecule has 0 saturated heterocycles. The second kappa shape index (κ2) is 8.57. The molecule has 0 spiro atoms. The zero-order valence-corrected chi connectivity index (χ0v) is 15.3. The van der Waals surface area contributed by atoms with Crippen molar-refractivity contribution in [2.24, 2.45) is 0 Å². The van der Waals surface area contributed by atoms with Crippen LogP contribution in [0.2, 0.25) is 0 Å². The Morgan fingerprint density at radius 3 is 2.69 bits per heavy atom. The van der Waals surface area contributed by atoms with Crippen LogP contribution in [0.25, 0.3) is 0 Å². The fraction of sp³-hybridized carbons (Fsp3) is 0.462. The van der Waals surface area contributed by atoms with Gasteiger partial charge in [0.1, 0.15) is 0 Å². The average Bonchev–Trinajstić information content (AvgIpc) is 2.17. The zero-order chi connectivity index (χ0) is 11.3. The first-order chi connectivity index (χ1) is 7.09. The monoisotopic (exact) mass is 292 g/mol. The van der Waals surface area contributed by atoms with Crippen LogP contribution in [0.3, 0.4) is 0 Å². The van der Waals surface area contributed by atoms with E-state index >= 15 is 0 Å². The molecular formula is C13H19O2Rb. The molecule has 0 aromatic heterocycles. The van der Waals surface area contributed by atoms with E-state index in [1.54, 1.807) is 0 Å². The van der Waals surface area contributed by atoms with Crippen LogP contribution in [-0.2, 0) is 11.2 Å². The predicted molar refractivity (Wildman–Crippen MR) is 62.2 cm³/mol. The van der Waals surface area contributed by atoms with Crippen molar-refractivity contribution in [2.45, 2.75) is 39.0 Å². The molecule has 1 rings (SSSR count). The van der Waals surface area contributed by atoms with Crippen LogP contribution in [0, 0.1) is 0 Å². The summed E-state index contributed by atoms with van der Waals surface area (Å²) in [4.78, 5) is 10.4. The number of hydrogen-bond donors (Lipinski definition) is 1. The topological polar surface area (TPSA) is 37.3 Å². The molecule has 0 aliphatic heterocycles. The fourth-order valence-electron chi connectivity index (χ4n) is 1.55. The maximum Gasteiger partial charge on any atom is 1.00 e. The van der Waals surface area contributed by atoms with Crippen LogP contribution in [0.4, 0.5) is 0 Å². The summed E-state index contributed by atoms with van der Waals surface area (Å²) >= 11 is 0. The van der Waals surface area contributed by atoms with Gasteiger partial charge in [-0.1, -0.05) is 38.1 Å². The summed E-state index contributed by atoms with van der Waals surface area (Å²) in [5.41, 5.74) is 2.56. The number of benzene rings is 1. The number of carbonyl (C=O) groups is 1. The summed E-state index contributed by atoms with van der Waals surface area (Å²) in [5, 5.41) is 8.53. The number of hydrogen-bond acceptors (Lipinski definition) is 1. The molecule has 0 atom stereocenters. The van der Waals surface area contributed by atoms with Crippen molar-refractivity contribution in [3.05, 3.63) is 35.4 Å². The predicted octanol–water partition coefficient (Wildman–Crippen LogP) is 0.334. The van der Waals surface area contributed by atoms with E-state index in [9.17, 15) is 4.79 Å². The Kier molecular flexibility index (Phi) is 8.83. The number of carboxylic acid groups (broad SMARTS) is 1. The summed E-state index contributed by atoms with van der Waals surface area (Å²) in [7, 11) is 0. The molecule has 3 heteroatoms. The first kappa shape index (κ1) is 16.5. The Morgan fingerprint density at radius 2 is 2.12 bits per heavy atom. The molecule has 0 radical (unpaired) electrons. The number of aryl methyl sites for hydroxylation is 1. The second-order valence-electron chi connectivity index (χ2n) is 4.15. The summed E-state index contributed by atoms with van der Waals surface area (Å²) in [6.07, 6.45) is 1.83. The standard InChI is InChI=1S/C13H18O2.Rb.H/c1-10(2)12-7-3-5-11(9-12)6-4-8-13(14)15;;/h3,5,7,9-10H,4,6,8H2,1-2H3,(H,14,15);;/q;+1;-1. The van der Waals surface area contributed by atoms with Crippen LogP contribution in [0.5, 0.6) is 0 Å². The van der Waals surface area contributed by atoms with E-state index < -0.39 is 5.97 Å². The summed E-state index contributed by atoms with van der Waals surface area (Å²) in [6, 6.07) is 8.40. The van der Waals surface area contributed by atoms with Crippen molar-refractivity contribution in [1.29, 1.82) is 0 Å². The molecule has 1 aromatic rings. The van der Waals surface area contributed by atoms with Crippen LogP contribution >= 0.6 is 0 Å². The van der Waals surface area contributed by atoms with Crippen LogP contribution in [-0.4, -0.2) is 11.1 Å². The van der Waals surface area contributed by atoms with Gasteiger partial charge in [-0.3, -0.25) is 4.79 Å². The van der Waals surface area contributed by atoms with E-state index in [0.717, 1.165) is 12.8 Å². The molecule has 1 aromatic carbocycles.